The molecule has 0 aliphatic rings. The van der Waals surface area contributed by atoms with Gasteiger partial charge in [0, 0.05) is 11.5 Å². The first-order valence-electron chi connectivity index (χ1n) is 4.73. The number of fused-ring (bicyclic) bond motifs is 1. The molecule has 7 heteroatoms. The molecule has 16 heavy (non-hydrogen) atoms. The van der Waals surface area contributed by atoms with Crippen LogP contribution in [-0.4, -0.2) is 26.5 Å². The van der Waals surface area contributed by atoms with Gasteiger partial charge in [0.2, 0.25) is 0 Å². The highest BCUT2D eigenvalue weighted by atomic mass is 15.1. The zero-order valence-electron chi connectivity index (χ0n) is 8.41. The topological polar surface area (TPSA) is 103 Å². The van der Waals surface area contributed by atoms with E-state index in [1.165, 1.54) is 6.33 Å². The van der Waals surface area contributed by atoms with Crippen LogP contribution in [0.2, 0.25) is 0 Å². The molecule has 2 aromatic heterocycles. The molecule has 2 heterocycles. The highest BCUT2D eigenvalue weighted by molar-refractivity contribution is 5.78. The molecule has 0 aliphatic heterocycles. The average molecular weight is 215 g/mol. The molecule has 0 saturated heterocycles. The van der Waals surface area contributed by atoms with Gasteiger partial charge in [-0.1, -0.05) is 11.2 Å². The van der Waals surface area contributed by atoms with E-state index in [9.17, 15) is 0 Å². The van der Waals surface area contributed by atoms with Crippen molar-refractivity contribution in [3.63, 3.8) is 0 Å². The predicted octanol–water partition coefficient (Wildman–Crippen LogP) is 2.07. The minimum Gasteiger partial charge on any atom is -0.341 e. The van der Waals surface area contributed by atoms with Gasteiger partial charge in [-0.05, 0) is 18.0 Å². The van der Waals surface area contributed by atoms with Crippen LogP contribution in [0.3, 0.4) is 0 Å². The van der Waals surface area contributed by atoms with Crippen molar-refractivity contribution < 1.29 is 0 Å². The van der Waals surface area contributed by atoms with E-state index in [-0.39, 0.29) is 0 Å². The van der Waals surface area contributed by atoms with Crippen LogP contribution in [0.15, 0.2) is 23.8 Å². The van der Waals surface area contributed by atoms with Gasteiger partial charge >= 0.3 is 0 Å². The van der Waals surface area contributed by atoms with Gasteiger partial charge < -0.3 is 4.98 Å². The second-order valence-corrected chi connectivity index (χ2v) is 3.01. The zero-order chi connectivity index (χ0) is 11.2. The summed E-state index contributed by atoms with van der Waals surface area (Å²) in [5.41, 5.74) is 10.3. The van der Waals surface area contributed by atoms with E-state index in [1.54, 1.807) is 6.33 Å². The molecule has 0 fully saturated rings. The lowest BCUT2D eigenvalue weighted by Crippen LogP contribution is -1.86. The van der Waals surface area contributed by atoms with E-state index in [0.29, 0.717) is 18.6 Å². The molecule has 1 N–H and O–H groups in total. The number of H-pyrrole nitrogens is 1. The molecule has 0 aliphatic carbocycles. The number of azide groups is 1. The van der Waals surface area contributed by atoms with Gasteiger partial charge in [0.25, 0.3) is 0 Å². The van der Waals surface area contributed by atoms with Gasteiger partial charge in [-0.25, -0.2) is 15.0 Å². The molecular weight excluding hydrogens is 206 g/mol. The fourth-order valence-electron chi connectivity index (χ4n) is 1.28. The Kier molecular flexibility index (Phi) is 3.10. The van der Waals surface area contributed by atoms with Crippen LogP contribution in [0.5, 0.6) is 0 Å². The second kappa shape index (κ2) is 4.90. The van der Waals surface area contributed by atoms with Crippen LogP contribution in [-0.2, 0) is 0 Å². The quantitative estimate of drug-likeness (QED) is 0.365. The van der Waals surface area contributed by atoms with Crippen LogP contribution in [0.4, 0.5) is 0 Å². The van der Waals surface area contributed by atoms with E-state index in [4.69, 9.17) is 5.53 Å². The van der Waals surface area contributed by atoms with E-state index < -0.39 is 0 Å². The first-order chi connectivity index (χ1) is 7.92. The lowest BCUT2D eigenvalue weighted by atomic mass is 10.3. The Balaban J connectivity index is 2.14. The molecule has 0 spiro atoms. The minimum absolute atomic E-state index is 0.449. The van der Waals surface area contributed by atoms with Gasteiger partial charge in [0.05, 0.1) is 12.0 Å². The zero-order valence-corrected chi connectivity index (χ0v) is 8.41. The molecular formula is C9H9N7. The van der Waals surface area contributed by atoms with Crippen molar-refractivity contribution in [2.24, 2.45) is 5.11 Å². The molecule has 0 unspecified atom stereocenters. The summed E-state index contributed by atoms with van der Waals surface area (Å²) in [6.07, 6.45) is 7.49. The Labute approximate surface area is 90.9 Å². The molecule has 0 saturated carbocycles. The summed E-state index contributed by atoms with van der Waals surface area (Å²) in [6, 6.07) is 0. The van der Waals surface area contributed by atoms with Gasteiger partial charge in [-0.15, -0.1) is 0 Å². The van der Waals surface area contributed by atoms with Crippen LogP contribution in [0.25, 0.3) is 27.7 Å². The van der Waals surface area contributed by atoms with Gasteiger partial charge in [0.1, 0.15) is 11.8 Å². The van der Waals surface area contributed by atoms with Crippen molar-refractivity contribution in [3.8, 4) is 0 Å². The third-order valence-corrected chi connectivity index (χ3v) is 1.99. The summed E-state index contributed by atoms with van der Waals surface area (Å²) in [4.78, 5) is 17.8. The smallest absolute Gasteiger partial charge is 0.181 e. The SMILES string of the molecule is [N-]=[N+]=NCCC=Cc1ncnc2nc[nH]c12. The van der Waals surface area contributed by atoms with Crippen molar-refractivity contribution in [1.29, 1.82) is 0 Å². The fraction of sp³-hybridized carbons (Fsp3) is 0.222. The third-order valence-electron chi connectivity index (χ3n) is 1.99. The normalized spacial score (nSPS) is 10.8. The molecule has 0 bridgehead atoms. The Hall–Kier alpha value is -2.40. The molecule has 0 amide bonds. The van der Waals surface area contributed by atoms with Gasteiger partial charge in [-0.2, -0.15) is 0 Å². The summed E-state index contributed by atoms with van der Waals surface area (Å²) in [5, 5.41) is 3.43. The molecule has 0 aromatic carbocycles. The lowest BCUT2D eigenvalue weighted by Gasteiger charge is -1.93. The molecule has 2 rings (SSSR count). The maximum atomic E-state index is 8.10. The number of aromatic nitrogens is 4. The van der Waals surface area contributed by atoms with E-state index in [0.717, 1.165) is 11.2 Å². The standard InChI is InChI=1S/C9H9N7/c10-16-15-4-2-1-3-7-8-9(13-5-11-7)14-6-12-8/h1,3,5-6H,2,4H2,(H,11,12,13,14). The van der Waals surface area contributed by atoms with Crippen molar-refractivity contribution in [3.05, 3.63) is 34.9 Å². The van der Waals surface area contributed by atoms with Crippen LogP contribution in [0.1, 0.15) is 12.1 Å². The Morgan fingerprint density at radius 3 is 3.25 bits per heavy atom. The Bertz CT molecular complexity index is 550. The van der Waals surface area contributed by atoms with E-state index in [2.05, 4.69) is 30.0 Å². The summed E-state index contributed by atoms with van der Waals surface area (Å²) in [5.74, 6) is 0. The fourth-order valence-corrected chi connectivity index (χ4v) is 1.28. The Morgan fingerprint density at radius 1 is 1.44 bits per heavy atom. The number of imidazole rings is 1. The summed E-state index contributed by atoms with van der Waals surface area (Å²) >= 11 is 0. The largest absolute Gasteiger partial charge is 0.341 e. The van der Waals surface area contributed by atoms with Crippen LogP contribution < -0.4 is 0 Å². The number of hydrogen-bond donors (Lipinski definition) is 1. The third kappa shape index (κ3) is 2.15. The minimum atomic E-state index is 0.449. The number of nitrogens with zero attached hydrogens (tertiary/aromatic N) is 6. The second-order valence-electron chi connectivity index (χ2n) is 3.01. The Morgan fingerprint density at radius 2 is 2.38 bits per heavy atom. The molecule has 7 nitrogen and oxygen atoms in total. The summed E-state index contributed by atoms with van der Waals surface area (Å²) < 4.78 is 0. The van der Waals surface area contributed by atoms with Crippen LogP contribution in [0, 0.1) is 0 Å². The van der Waals surface area contributed by atoms with Crippen molar-refractivity contribution in [1.82, 2.24) is 19.9 Å². The monoisotopic (exact) mass is 215 g/mol. The van der Waals surface area contributed by atoms with Crippen molar-refractivity contribution in [2.45, 2.75) is 6.42 Å². The van der Waals surface area contributed by atoms with Gasteiger partial charge in [0.15, 0.2) is 5.65 Å². The van der Waals surface area contributed by atoms with Crippen molar-refractivity contribution >= 4 is 17.2 Å². The maximum absolute atomic E-state index is 8.10. The van der Waals surface area contributed by atoms with Crippen LogP contribution >= 0.6 is 0 Å². The molecule has 0 radical (unpaired) electrons. The summed E-state index contributed by atoms with van der Waals surface area (Å²) in [6.45, 7) is 0.449. The first-order valence-corrected chi connectivity index (χ1v) is 4.73. The lowest BCUT2D eigenvalue weighted by molar-refractivity contribution is 0.995. The first kappa shape index (κ1) is 10.1. The highest BCUT2D eigenvalue weighted by Gasteiger charge is 2.01. The molecule has 0 atom stereocenters. The number of rotatable bonds is 4. The molecule has 80 valence electrons. The average Bonchev–Trinajstić information content (AvgIpc) is 2.77. The molecule has 2 aromatic rings. The van der Waals surface area contributed by atoms with E-state index in [1.807, 2.05) is 12.2 Å². The van der Waals surface area contributed by atoms with Gasteiger partial charge in [-0.3, -0.25) is 0 Å². The number of hydrogen-bond acceptors (Lipinski definition) is 4. The predicted molar refractivity (Wildman–Crippen MR) is 59.3 cm³/mol. The maximum Gasteiger partial charge on any atom is 0.181 e. The number of nitrogens with one attached hydrogen (secondary N) is 1. The van der Waals surface area contributed by atoms with E-state index >= 15 is 0 Å². The number of aromatic amines is 1. The highest BCUT2D eigenvalue weighted by Crippen LogP contribution is 2.10. The summed E-state index contributed by atoms with van der Waals surface area (Å²) in [7, 11) is 0. The van der Waals surface area contributed by atoms with Crippen molar-refractivity contribution in [2.75, 3.05) is 6.54 Å².